The lowest BCUT2D eigenvalue weighted by Crippen LogP contribution is -2.38. The monoisotopic (exact) mass is 251 g/mol. The molecule has 2 N–H and O–H groups in total. The van der Waals surface area contributed by atoms with Gasteiger partial charge in [0.1, 0.15) is 0 Å². The van der Waals surface area contributed by atoms with Gasteiger partial charge >= 0.3 is 0 Å². The fraction of sp³-hybridized carbons (Fsp3) is 0.800. The lowest BCUT2D eigenvalue weighted by atomic mass is 9.97. The molecule has 0 aromatic heterocycles. The fourth-order valence-corrected chi connectivity index (χ4v) is 2.09. The number of nitrogens with zero attached hydrogens (tertiary/aromatic N) is 1. The lowest BCUT2D eigenvalue weighted by Gasteiger charge is -2.15. The first-order valence-electron chi connectivity index (χ1n) is 7.42. The zero-order valence-corrected chi connectivity index (χ0v) is 12.3. The number of aliphatic imine (C=N–C) groups is 1. The minimum absolute atomic E-state index is 0.613. The van der Waals surface area contributed by atoms with E-state index in [0.717, 1.165) is 32.0 Å². The number of nitrogens with one attached hydrogen (secondary N) is 2. The molecule has 0 aliphatic heterocycles. The summed E-state index contributed by atoms with van der Waals surface area (Å²) in [6, 6.07) is 0. The first-order valence-corrected chi connectivity index (χ1v) is 7.42. The molecule has 1 aliphatic carbocycles. The maximum Gasteiger partial charge on any atom is 0.191 e. The molecular formula is C15H29N3. The van der Waals surface area contributed by atoms with Crippen LogP contribution >= 0.6 is 0 Å². The molecule has 0 fully saturated rings. The first kappa shape index (κ1) is 15.1. The number of hydrogen-bond acceptors (Lipinski definition) is 1. The van der Waals surface area contributed by atoms with Crippen LogP contribution in [0.3, 0.4) is 0 Å². The Kier molecular flexibility index (Phi) is 7.54. The smallest absolute Gasteiger partial charge is 0.191 e. The molecule has 0 atom stereocenters. The summed E-state index contributed by atoms with van der Waals surface area (Å²) in [5, 5.41) is 6.72. The van der Waals surface area contributed by atoms with Gasteiger partial charge in [0.25, 0.3) is 0 Å². The van der Waals surface area contributed by atoms with Crippen LogP contribution in [-0.2, 0) is 0 Å². The van der Waals surface area contributed by atoms with Gasteiger partial charge in [-0.3, -0.25) is 4.99 Å². The summed E-state index contributed by atoms with van der Waals surface area (Å²) >= 11 is 0. The SMILES string of the molecule is CCNC(=NCC(C)C)NCCC1=CCCCC1. The number of rotatable bonds is 6. The second kappa shape index (κ2) is 9.01. The molecule has 0 aromatic rings. The van der Waals surface area contributed by atoms with Crippen LogP contribution < -0.4 is 10.6 Å². The van der Waals surface area contributed by atoms with Gasteiger partial charge in [-0.2, -0.15) is 0 Å². The Morgan fingerprint density at radius 2 is 2.17 bits per heavy atom. The summed E-state index contributed by atoms with van der Waals surface area (Å²) in [4.78, 5) is 4.57. The maximum atomic E-state index is 4.57. The Hall–Kier alpha value is -0.990. The van der Waals surface area contributed by atoms with E-state index in [-0.39, 0.29) is 0 Å². The Morgan fingerprint density at radius 3 is 2.78 bits per heavy atom. The minimum atomic E-state index is 0.613. The van der Waals surface area contributed by atoms with Crippen molar-refractivity contribution in [2.24, 2.45) is 10.9 Å². The lowest BCUT2D eigenvalue weighted by molar-refractivity contribution is 0.649. The molecule has 3 nitrogen and oxygen atoms in total. The maximum absolute atomic E-state index is 4.57. The third-order valence-corrected chi connectivity index (χ3v) is 3.08. The third-order valence-electron chi connectivity index (χ3n) is 3.08. The second-order valence-electron chi connectivity index (χ2n) is 5.40. The van der Waals surface area contributed by atoms with Crippen molar-refractivity contribution in [3.63, 3.8) is 0 Å². The van der Waals surface area contributed by atoms with E-state index in [1.807, 2.05) is 0 Å². The van der Waals surface area contributed by atoms with Crippen LogP contribution in [0.2, 0.25) is 0 Å². The molecule has 0 heterocycles. The van der Waals surface area contributed by atoms with E-state index in [1.165, 1.54) is 25.7 Å². The standard InChI is InChI=1S/C15H29N3/c1-4-16-15(18-12-13(2)3)17-11-10-14-8-6-5-7-9-14/h8,13H,4-7,9-12H2,1-3H3,(H2,16,17,18). The van der Waals surface area contributed by atoms with Crippen LogP contribution in [0.4, 0.5) is 0 Å². The van der Waals surface area contributed by atoms with E-state index >= 15 is 0 Å². The normalized spacial score (nSPS) is 16.7. The molecule has 0 bridgehead atoms. The number of guanidine groups is 1. The van der Waals surface area contributed by atoms with E-state index in [0.29, 0.717) is 5.92 Å². The average Bonchev–Trinajstić information content (AvgIpc) is 2.37. The summed E-state index contributed by atoms with van der Waals surface area (Å²) < 4.78 is 0. The van der Waals surface area contributed by atoms with Crippen molar-refractivity contribution >= 4 is 5.96 Å². The van der Waals surface area contributed by atoms with Crippen molar-refractivity contribution in [3.05, 3.63) is 11.6 Å². The zero-order chi connectivity index (χ0) is 13.2. The molecule has 0 saturated heterocycles. The molecule has 3 heteroatoms. The van der Waals surface area contributed by atoms with Gasteiger partial charge in [0.05, 0.1) is 0 Å². The van der Waals surface area contributed by atoms with Crippen LogP contribution in [0.25, 0.3) is 0 Å². The highest BCUT2D eigenvalue weighted by Gasteiger charge is 2.04. The van der Waals surface area contributed by atoms with Gasteiger partial charge in [-0.25, -0.2) is 0 Å². The highest BCUT2D eigenvalue weighted by atomic mass is 15.2. The summed E-state index contributed by atoms with van der Waals surface area (Å²) in [5.41, 5.74) is 1.62. The van der Waals surface area contributed by atoms with Crippen molar-refractivity contribution in [2.75, 3.05) is 19.6 Å². The van der Waals surface area contributed by atoms with Gasteiger partial charge < -0.3 is 10.6 Å². The van der Waals surface area contributed by atoms with Gasteiger partial charge in [-0.15, -0.1) is 0 Å². The quantitative estimate of drug-likeness (QED) is 0.432. The average molecular weight is 251 g/mol. The van der Waals surface area contributed by atoms with Gasteiger partial charge in [0.2, 0.25) is 0 Å². The third kappa shape index (κ3) is 6.67. The number of allylic oxidation sites excluding steroid dienone is 1. The molecule has 0 amide bonds. The predicted molar refractivity (Wildman–Crippen MR) is 80.0 cm³/mol. The van der Waals surface area contributed by atoms with E-state index in [9.17, 15) is 0 Å². The van der Waals surface area contributed by atoms with Crippen molar-refractivity contribution in [1.82, 2.24) is 10.6 Å². The zero-order valence-electron chi connectivity index (χ0n) is 12.3. The first-order chi connectivity index (χ1) is 8.72. The topological polar surface area (TPSA) is 36.4 Å². The molecule has 0 spiro atoms. The van der Waals surface area contributed by atoms with Gasteiger partial charge in [0, 0.05) is 19.6 Å². The van der Waals surface area contributed by atoms with E-state index < -0.39 is 0 Å². The molecule has 104 valence electrons. The summed E-state index contributed by atoms with van der Waals surface area (Å²) in [6.45, 7) is 9.30. The highest BCUT2D eigenvalue weighted by Crippen LogP contribution is 2.19. The Labute approximate surface area is 112 Å². The molecule has 1 rings (SSSR count). The van der Waals surface area contributed by atoms with Crippen LogP contribution in [0.15, 0.2) is 16.6 Å². The summed E-state index contributed by atoms with van der Waals surface area (Å²) in [5.74, 6) is 1.57. The van der Waals surface area contributed by atoms with E-state index in [1.54, 1.807) is 5.57 Å². The Balaban J connectivity index is 2.28. The Bertz CT molecular complexity index is 279. The van der Waals surface area contributed by atoms with Gasteiger partial charge in [-0.05, 0) is 44.9 Å². The van der Waals surface area contributed by atoms with Crippen LogP contribution in [-0.4, -0.2) is 25.6 Å². The minimum Gasteiger partial charge on any atom is -0.357 e. The van der Waals surface area contributed by atoms with E-state index in [4.69, 9.17) is 0 Å². The number of hydrogen-bond donors (Lipinski definition) is 2. The predicted octanol–water partition coefficient (Wildman–Crippen LogP) is 3.09. The molecule has 18 heavy (non-hydrogen) atoms. The molecular weight excluding hydrogens is 222 g/mol. The molecule has 1 aliphatic rings. The van der Waals surface area contributed by atoms with Crippen molar-refractivity contribution < 1.29 is 0 Å². The van der Waals surface area contributed by atoms with Crippen molar-refractivity contribution in [1.29, 1.82) is 0 Å². The van der Waals surface area contributed by atoms with Gasteiger partial charge in [0.15, 0.2) is 5.96 Å². The van der Waals surface area contributed by atoms with E-state index in [2.05, 4.69) is 42.5 Å². The largest absolute Gasteiger partial charge is 0.357 e. The van der Waals surface area contributed by atoms with Crippen LogP contribution in [0.1, 0.15) is 52.9 Å². The Morgan fingerprint density at radius 1 is 1.33 bits per heavy atom. The van der Waals surface area contributed by atoms with Crippen LogP contribution in [0, 0.1) is 5.92 Å². The molecule has 0 aromatic carbocycles. The summed E-state index contributed by atoms with van der Waals surface area (Å²) in [7, 11) is 0. The fourth-order valence-electron chi connectivity index (χ4n) is 2.09. The van der Waals surface area contributed by atoms with Gasteiger partial charge in [-0.1, -0.05) is 25.5 Å². The second-order valence-corrected chi connectivity index (χ2v) is 5.40. The molecule has 0 radical (unpaired) electrons. The molecule has 0 saturated carbocycles. The van der Waals surface area contributed by atoms with Crippen LogP contribution in [0.5, 0.6) is 0 Å². The molecule has 0 unspecified atom stereocenters. The van der Waals surface area contributed by atoms with Crippen molar-refractivity contribution in [3.8, 4) is 0 Å². The highest BCUT2D eigenvalue weighted by molar-refractivity contribution is 5.79. The summed E-state index contributed by atoms with van der Waals surface area (Å²) in [6.07, 6.45) is 8.89. The van der Waals surface area contributed by atoms with Crippen molar-refractivity contribution in [2.45, 2.75) is 52.9 Å².